The lowest BCUT2D eigenvalue weighted by molar-refractivity contribution is -0.140. The van der Waals surface area contributed by atoms with Gasteiger partial charge in [0, 0.05) is 18.3 Å². The van der Waals surface area contributed by atoms with E-state index in [-0.39, 0.29) is 11.4 Å². The van der Waals surface area contributed by atoms with Crippen LogP contribution in [-0.4, -0.2) is 13.1 Å². The first-order valence-corrected chi connectivity index (χ1v) is 6.94. The molecule has 0 spiro atoms. The molecule has 1 aromatic carbocycles. The largest absolute Gasteiger partial charge is 0.469 e. The molecule has 1 aromatic rings. The number of hydrogen-bond donors (Lipinski definition) is 0. The van der Waals surface area contributed by atoms with Crippen LogP contribution in [0.2, 0.25) is 0 Å². The summed E-state index contributed by atoms with van der Waals surface area (Å²) in [5, 5.41) is 0. The van der Waals surface area contributed by atoms with E-state index in [1.165, 1.54) is 12.7 Å². The third-order valence-corrected chi connectivity index (χ3v) is 3.85. The molecule has 0 amide bonds. The maximum absolute atomic E-state index is 11.1. The summed E-state index contributed by atoms with van der Waals surface area (Å²) in [5.74, 6) is 6.08. The van der Waals surface area contributed by atoms with Crippen LogP contribution in [0.25, 0.3) is 0 Å². The highest BCUT2D eigenvalue weighted by Crippen LogP contribution is 2.32. The lowest BCUT2D eigenvalue weighted by Gasteiger charge is -2.26. The molecule has 1 atom stereocenters. The third kappa shape index (κ3) is 3.51. The first kappa shape index (κ1) is 14.4. The van der Waals surface area contributed by atoms with Crippen molar-refractivity contribution in [1.29, 1.82) is 0 Å². The van der Waals surface area contributed by atoms with Crippen molar-refractivity contribution in [2.45, 2.75) is 38.0 Å². The van der Waals surface area contributed by atoms with E-state index in [1.54, 1.807) is 0 Å². The second-order valence-electron chi connectivity index (χ2n) is 5.44. The molecule has 0 aliphatic heterocycles. The van der Waals surface area contributed by atoms with Crippen LogP contribution in [0.5, 0.6) is 0 Å². The first-order valence-electron chi connectivity index (χ1n) is 6.94. The van der Waals surface area contributed by atoms with Crippen LogP contribution < -0.4 is 0 Å². The van der Waals surface area contributed by atoms with Gasteiger partial charge < -0.3 is 4.74 Å². The fraction of sp³-hybridized carbons (Fsp3) is 0.389. The van der Waals surface area contributed by atoms with Gasteiger partial charge in [-0.1, -0.05) is 49.1 Å². The number of carbonyl (C=O) groups excluding carboxylic acids is 1. The van der Waals surface area contributed by atoms with Gasteiger partial charge in [-0.3, -0.25) is 4.79 Å². The van der Waals surface area contributed by atoms with Crippen LogP contribution in [-0.2, 0) is 21.4 Å². The molecular formula is C18H20O2. The van der Waals surface area contributed by atoms with Crippen molar-refractivity contribution in [3.05, 3.63) is 47.5 Å². The lowest BCUT2D eigenvalue weighted by Crippen LogP contribution is -2.20. The normalized spacial score (nSPS) is 20.7. The molecule has 0 saturated heterocycles. The van der Waals surface area contributed by atoms with Crippen molar-refractivity contribution < 1.29 is 9.53 Å². The predicted octanol–water partition coefficient (Wildman–Crippen LogP) is 3.40. The van der Waals surface area contributed by atoms with Gasteiger partial charge in [0.05, 0.1) is 7.11 Å². The quantitative estimate of drug-likeness (QED) is 0.618. The number of esters is 1. The summed E-state index contributed by atoms with van der Waals surface area (Å²) < 4.78 is 4.66. The van der Waals surface area contributed by atoms with Crippen molar-refractivity contribution in [3.63, 3.8) is 0 Å². The lowest BCUT2D eigenvalue weighted by atomic mass is 9.77. The fourth-order valence-electron chi connectivity index (χ4n) is 2.40. The van der Waals surface area contributed by atoms with Gasteiger partial charge in [0.15, 0.2) is 0 Å². The maximum atomic E-state index is 11.1. The van der Waals surface area contributed by atoms with Gasteiger partial charge in [0.1, 0.15) is 0 Å². The molecule has 0 saturated carbocycles. The van der Waals surface area contributed by atoms with E-state index in [2.05, 4.69) is 53.8 Å². The Morgan fingerprint density at radius 1 is 1.35 bits per heavy atom. The molecule has 0 radical (unpaired) electrons. The molecular weight excluding hydrogens is 248 g/mol. The van der Waals surface area contributed by atoms with Gasteiger partial charge in [-0.05, 0) is 30.0 Å². The number of benzene rings is 1. The standard InChI is InChI=1S/C18H20O2/c1-18(13-5-3-4-6-14-18)16-10-7-15(8-11-16)9-12-17(19)20-2/h3,5,7-8,10-11H,9,12-14H2,1-2H3/t18-/m0/s1. The molecule has 0 unspecified atom stereocenters. The fourth-order valence-corrected chi connectivity index (χ4v) is 2.40. The van der Waals surface area contributed by atoms with Crippen LogP contribution in [0.3, 0.4) is 0 Å². The molecule has 20 heavy (non-hydrogen) atoms. The van der Waals surface area contributed by atoms with Gasteiger partial charge in [-0.15, -0.1) is 0 Å². The molecule has 0 fully saturated rings. The van der Waals surface area contributed by atoms with Gasteiger partial charge >= 0.3 is 5.97 Å². The summed E-state index contributed by atoms with van der Waals surface area (Å²) in [6, 6.07) is 8.53. The molecule has 1 aliphatic carbocycles. The predicted molar refractivity (Wildman–Crippen MR) is 80.3 cm³/mol. The average Bonchev–Trinajstić information content (AvgIpc) is 2.71. The first-order chi connectivity index (χ1) is 9.64. The van der Waals surface area contributed by atoms with Crippen molar-refractivity contribution in [3.8, 4) is 11.8 Å². The van der Waals surface area contributed by atoms with Crippen LogP contribution in [0, 0.1) is 11.8 Å². The zero-order valence-electron chi connectivity index (χ0n) is 12.1. The summed E-state index contributed by atoms with van der Waals surface area (Å²) in [6.45, 7) is 2.25. The summed E-state index contributed by atoms with van der Waals surface area (Å²) >= 11 is 0. The molecule has 0 aromatic heterocycles. The Bertz CT molecular complexity index is 557. The molecule has 2 heteroatoms. The summed E-state index contributed by atoms with van der Waals surface area (Å²) in [6.07, 6.45) is 7.11. The second-order valence-corrected chi connectivity index (χ2v) is 5.44. The number of hydrogen-bond acceptors (Lipinski definition) is 2. The number of carbonyl (C=O) groups is 1. The number of methoxy groups -OCH3 is 1. The van der Waals surface area contributed by atoms with Gasteiger partial charge in [-0.2, -0.15) is 0 Å². The summed E-state index contributed by atoms with van der Waals surface area (Å²) in [5.41, 5.74) is 2.55. The summed E-state index contributed by atoms with van der Waals surface area (Å²) in [4.78, 5) is 11.1. The van der Waals surface area contributed by atoms with E-state index in [9.17, 15) is 4.79 Å². The topological polar surface area (TPSA) is 26.3 Å². The highest BCUT2D eigenvalue weighted by molar-refractivity contribution is 5.69. The number of allylic oxidation sites excluding steroid dienone is 2. The van der Waals surface area contributed by atoms with Crippen LogP contribution in [0.1, 0.15) is 37.3 Å². The molecule has 1 aliphatic rings. The molecule has 0 bridgehead atoms. The van der Waals surface area contributed by atoms with Crippen LogP contribution in [0.15, 0.2) is 36.4 Å². The molecule has 2 rings (SSSR count). The van der Waals surface area contributed by atoms with Gasteiger partial charge in [0.2, 0.25) is 0 Å². The van der Waals surface area contributed by atoms with Gasteiger partial charge in [-0.25, -0.2) is 0 Å². The van der Waals surface area contributed by atoms with E-state index in [1.807, 2.05) is 6.08 Å². The number of rotatable bonds is 4. The maximum Gasteiger partial charge on any atom is 0.305 e. The molecule has 104 valence electrons. The Hall–Kier alpha value is -2.01. The van der Waals surface area contributed by atoms with Gasteiger partial charge in [0.25, 0.3) is 0 Å². The Kier molecular flexibility index (Phi) is 4.63. The van der Waals surface area contributed by atoms with Crippen molar-refractivity contribution in [2.75, 3.05) is 7.11 Å². The molecule has 0 N–H and O–H groups in total. The van der Waals surface area contributed by atoms with E-state index >= 15 is 0 Å². The SMILES string of the molecule is COC(=O)CCc1ccc([C@]2(C)CC#CC=CC2)cc1. The Balaban J connectivity index is 2.06. The monoisotopic (exact) mass is 268 g/mol. The highest BCUT2D eigenvalue weighted by Gasteiger charge is 2.24. The number of ether oxygens (including phenoxy) is 1. The van der Waals surface area contributed by atoms with Crippen LogP contribution in [0.4, 0.5) is 0 Å². The van der Waals surface area contributed by atoms with E-state index in [0.717, 1.165) is 24.8 Å². The Morgan fingerprint density at radius 2 is 2.10 bits per heavy atom. The number of aryl methyl sites for hydroxylation is 1. The summed E-state index contributed by atoms with van der Waals surface area (Å²) in [7, 11) is 1.42. The average molecular weight is 268 g/mol. The van der Waals surface area contributed by atoms with E-state index in [4.69, 9.17) is 0 Å². The zero-order chi connectivity index (χ0) is 14.4. The highest BCUT2D eigenvalue weighted by atomic mass is 16.5. The second kappa shape index (κ2) is 6.43. The smallest absolute Gasteiger partial charge is 0.305 e. The minimum Gasteiger partial charge on any atom is -0.469 e. The Morgan fingerprint density at radius 3 is 2.80 bits per heavy atom. The van der Waals surface area contributed by atoms with E-state index in [0.29, 0.717) is 6.42 Å². The Labute approximate surface area is 120 Å². The van der Waals surface area contributed by atoms with E-state index < -0.39 is 0 Å². The van der Waals surface area contributed by atoms with Crippen molar-refractivity contribution in [1.82, 2.24) is 0 Å². The van der Waals surface area contributed by atoms with Crippen molar-refractivity contribution >= 4 is 5.97 Å². The molecule has 2 nitrogen and oxygen atoms in total. The van der Waals surface area contributed by atoms with Crippen LogP contribution >= 0.6 is 0 Å². The third-order valence-electron chi connectivity index (χ3n) is 3.85. The van der Waals surface area contributed by atoms with Crippen molar-refractivity contribution in [2.24, 2.45) is 0 Å². The molecule has 0 heterocycles. The minimum atomic E-state index is -0.162. The minimum absolute atomic E-state index is 0.0842. The zero-order valence-corrected chi connectivity index (χ0v) is 12.1.